The first-order valence-electron chi connectivity index (χ1n) is 11.6. The largest absolute Gasteiger partial charge is 0.503 e. The lowest BCUT2D eigenvalue weighted by atomic mass is 10.1. The summed E-state index contributed by atoms with van der Waals surface area (Å²) in [6.45, 7) is 0. The standard InChI is InChI=1S/C28H23FN2O7/c1-35-22-15-20-21(11-14-30-23(20)24(32)25(22)36-2)37-18-9-5-17(6-10-18)31-26(33)28(12-13-28)27(34)38-19-7-3-16(29)4-8-19/h3-11,14-15,32H,12-13H2,1-2H3,(H,31,33). The van der Waals surface area contributed by atoms with Crippen molar-refractivity contribution in [2.75, 3.05) is 19.5 Å². The Labute approximate surface area is 216 Å². The zero-order valence-electron chi connectivity index (χ0n) is 20.5. The molecule has 0 spiro atoms. The molecule has 4 aromatic rings. The molecule has 1 aromatic heterocycles. The minimum absolute atomic E-state index is 0.166. The number of pyridine rings is 1. The highest BCUT2D eigenvalue weighted by atomic mass is 19.1. The van der Waals surface area contributed by atoms with Crippen LogP contribution in [0.4, 0.5) is 10.1 Å². The van der Waals surface area contributed by atoms with Crippen molar-refractivity contribution < 1.29 is 38.0 Å². The first-order valence-corrected chi connectivity index (χ1v) is 11.6. The maximum atomic E-state index is 13.1. The number of aromatic hydroxyl groups is 1. The number of fused-ring (bicyclic) bond motifs is 1. The van der Waals surface area contributed by atoms with E-state index in [0.717, 1.165) is 0 Å². The minimum atomic E-state index is -1.28. The number of amides is 1. The van der Waals surface area contributed by atoms with Crippen LogP contribution in [0.2, 0.25) is 0 Å². The van der Waals surface area contributed by atoms with E-state index in [2.05, 4.69) is 10.3 Å². The quantitative estimate of drug-likeness (QED) is 0.185. The van der Waals surface area contributed by atoms with Crippen molar-refractivity contribution >= 4 is 28.5 Å². The lowest BCUT2D eigenvalue weighted by Gasteiger charge is -2.15. The van der Waals surface area contributed by atoms with Gasteiger partial charge in [0, 0.05) is 11.9 Å². The molecule has 10 heteroatoms. The molecule has 1 aliphatic rings. The average Bonchev–Trinajstić information content (AvgIpc) is 3.74. The van der Waals surface area contributed by atoms with Crippen LogP contribution in [0.1, 0.15) is 12.8 Å². The number of hydrogen-bond donors (Lipinski definition) is 2. The van der Waals surface area contributed by atoms with Crippen molar-refractivity contribution in [1.82, 2.24) is 4.98 Å². The molecule has 194 valence electrons. The number of carbonyl (C=O) groups excluding carboxylic acids is 2. The number of carbonyl (C=O) groups is 2. The Morgan fingerprint density at radius 2 is 1.63 bits per heavy atom. The van der Waals surface area contributed by atoms with Crippen molar-refractivity contribution in [3.8, 4) is 34.5 Å². The predicted molar refractivity (Wildman–Crippen MR) is 135 cm³/mol. The Bertz CT molecular complexity index is 1520. The first-order chi connectivity index (χ1) is 18.3. The Balaban J connectivity index is 1.29. The van der Waals surface area contributed by atoms with Crippen LogP contribution >= 0.6 is 0 Å². The Kier molecular flexibility index (Phi) is 6.46. The number of anilines is 1. The summed E-state index contributed by atoms with van der Waals surface area (Å²) < 4.78 is 34.9. The van der Waals surface area contributed by atoms with Gasteiger partial charge < -0.3 is 29.4 Å². The van der Waals surface area contributed by atoms with Gasteiger partial charge in [-0.15, -0.1) is 0 Å². The molecule has 38 heavy (non-hydrogen) atoms. The highest BCUT2D eigenvalue weighted by molar-refractivity contribution is 6.11. The number of nitrogens with zero attached hydrogens (tertiary/aromatic N) is 1. The molecule has 1 fully saturated rings. The van der Waals surface area contributed by atoms with Crippen molar-refractivity contribution in [1.29, 1.82) is 0 Å². The molecule has 5 rings (SSSR count). The van der Waals surface area contributed by atoms with Gasteiger partial charge in [-0.25, -0.2) is 4.39 Å². The molecule has 9 nitrogen and oxygen atoms in total. The third-order valence-corrected chi connectivity index (χ3v) is 6.25. The van der Waals surface area contributed by atoms with Gasteiger partial charge in [0.15, 0.2) is 11.5 Å². The number of benzene rings is 3. The molecule has 2 N–H and O–H groups in total. The molecule has 0 aliphatic heterocycles. The van der Waals surface area contributed by atoms with Crippen molar-refractivity contribution in [3.05, 3.63) is 72.7 Å². The first kappa shape index (κ1) is 24.8. The van der Waals surface area contributed by atoms with Gasteiger partial charge in [0.2, 0.25) is 11.7 Å². The summed E-state index contributed by atoms with van der Waals surface area (Å²) in [4.78, 5) is 29.8. The maximum absolute atomic E-state index is 13.1. The molecule has 0 radical (unpaired) electrons. The number of halogens is 1. The highest BCUT2D eigenvalue weighted by Crippen LogP contribution is 2.48. The van der Waals surface area contributed by atoms with Crippen LogP contribution in [0.25, 0.3) is 10.9 Å². The molecular formula is C28H23FN2O7. The number of phenolic OH excluding ortho intramolecular Hbond substituents is 1. The molecular weight excluding hydrogens is 495 g/mol. The van der Waals surface area contributed by atoms with E-state index in [0.29, 0.717) is 41.2 Å². The Hall–Kier alpha value is -4.86. The van der Waals surface area contributed by atoms with Gasteiger partial charge in [0.25, 0.3) is 0 Å². The summed E-state index contributed by atoms with van der Waals surface area (Å²) in [5, 5.41) is 13.8. The van der Waals surface area contributed by atoms with Crippen LogP contribution in [-0.4, -0.2) is 36.2 Å². The topological polar surface area (TPSA) is 116 Å². The number of phenols is 1. The Morgan fingerprint density at radius 1 is 0.947 bits per heavy atom. The number of esters is 1. The molecule has 0 bridgehead atoms. The van der Waals surface area contributed by atoms with E-state index >= 15 is 0 Å². The van der Waals surface area contributed by atoms with E-state index in [1.807, 2.05) is 0 Å². The zero-order valence-corrected chi connectivity index (χ0v) is 20.5. The summed E-state index contributed by atoms with van der Waals surface area (Å²) in [6.07, 6.45) is 2.21. The molecule has 1 amide bonds. The van der Waals surface area contributed by atoms with E-state index in [4.69, 9.17) is 18.9 Å². The highest BCUT2D eigenvalue weighted by Gasteiger charge is 2.58. The van der Waals surface area contributed by atoms with Crippen LogP contribution < -0.4 is 24.3 Å². The normalized spacial score (nSPS) is 13.4. The van der Waals surface area contributed by atoms with E-state index in [1.165, 1.54) is 44.7 Å². The number of methoxy groups -OCH3 is 2. The summed E-state index contributed by atoms with van der Waals surface area (Å²) in [5.41, 5.74) is -0.528. The van der Waals surface area contributed by atoms with Gasteiger partial charge in [-0.1, -0.05) is 0 Å². The molecule has 1 heterocycles. The van der Waals surface area contributed by atoms with Gasteiger partial charge in [-0.3, -0.25) is 14.6 Å². The van der Waals surface area contributed by atoms with E-state index < -0.39 is 23.1 Å². The van der Waals surface area contributed by atoms with Crippen LogP contribution in [-0.2, 0) is 9.59 Å². The summed E-state index contributed by atoms with van der Waals surface area (Å²) >= 11 is 0. The van der Waals surface area contributed by atoms with Crippen molar-refractivity contribution in [2.24, 2.45) is 5.41 Å². The van der Waals surface area contributed by atoms with E-state index in [1.54, 1.807) is 36.4 Å². The smallest absolute Gasteiger partial charge is 0.327 e. The number of rotatable bonds is 8. The Morgan fingerprint density at radius 3 is 2.26 bits per heavy atom. The molecule has 1 saturated carbocycles. The third-order valence-electron chi connectivity index (χ3n) is 6.25. The summed E-state index contributed by atoms with van der Waals surface area (Å²) in [6, 6.07) is 14.9. The van der Waals surface area contributed by atoms with Crippen LogP contribution in [0.3, 0.4) is 0 Å². The predicted octanol–water partition coefficient (Wildman–Crippen LogP) is 5.21. The van der Waals surface area contributed by atoms with Crippen molar-refractivity contribution in [3.63, 3.8) is 0 Å². The number of aromatic nitrogens is 1. The SMILES string of the molecule is COc1cc2c(Oc3ccc(NC(=O)C4(C(=O)Oc5ccc(F)cc5)CC4)cc3)ccnc2c(O)c1OC. The fourth-order valence-corrected chi connectivity index (χ4v) is 3.98. The fourth-order valence-electron chi connectivity index (χ4n) is 3.98. The second kappa shape index (κ2) is 9.89. The third kappa shape index (κ3) is 4.63. The molecule has 1 aliphatic carbocycles. The second-order valence-corrected chi connectivity index (χ2v) is 8.67. The molecule has 0 atom stereocenters. The number of hydrogen-bond acceptors (Lipinski definition) is 8. The maximum Gasteiger partial charge on any atom is 0.327 e. The van der Waals surface area contributed by atoms with Crippen LogP contribution in [0.15, 0.2) is 66.9 Å². The molecule has 0 saturated heterocycles. The second-order valence-electron chi connectivity index (χ2n) is 8.67. The zero-order chi connectivity index (χ0) is 26.9. The van der Waals surface area contributed by atoms with Gasteiger partial charge in [0.1, 0.15) is 34.0 Å². The minimum Gasteiger partial charge on any atom is -0.503 e. The van der Waals surface area contributed by atoms with Gasteiger partial charge in [-0.05, 0) is 73.5 Å². The van der Waals surface area contributed by atoms with Gasteiger partial charge >= 0.3 is 5.97 Å². The molecule has 0 unspecified atom stereocenters. The van der Waals surface area contributed by atoms with Gasteiger partial charge in [-0.2, -0.15) is 0 Å². The number of nitrogens with one attached hydrogen (secondary N) is 1. The lowest BCUT2D eigenvalue weighted by molar-refractivity contribution is -0.145. The summed E-state index contributed by atoms with van der Waals surface area (Å²) in [7, 11) is 2.88. The van der Waals surface area contributed by atoms with E-state index in [-0.39, 0.29) is 22.8 Å². The lowest BCUT2D eigenvalue weighted by Crippen LogP contribution is -2.34. The summed E-state index contributed by atoms with van der Waals surface area (Å²) in [5.74, 6) is -0.241. The molecule has 3 aromatic carbocycles. The van der Waals surface area contributed by atoms with E-state index in [9.17, 15) is 19.1 Å². The number of ether oxygens (including phenoxy) is 4. The average molecular weight is 518 g/mol. The fraction of sp³-hybridized carbons (Fsp3) is 0.179. The van der Waals surface area contributed by atoms with Crippen LogP contribution in [0.5, 0.6) is 34.5 Å². The van der Waals surface area contributed by atoms with Gasteiger partial charge in [0.05, 0.1) is 19.6 Å². The van der Waals surface area contributed by atoms with Crippen molar-refractivity contribution in [2.45, 2.75) is 12.8 Å². The van der Waals surface area contributed by atoms with Crippen LogP contribution in [0, 0.1) is 11.2 Å². The monoisotopic (exact) mass is 518 g/mol.